The molecule has 1 saturated heterocycles. The summed E-state index contributed by atoms with van der Waals surface area (Å²) in [6.45, 7) is 2.19. The number of unbranched alkanes of at least 4 members (excludes halogenated alkanes) is 5. The van der Waals surface area contributed by atoms with Crippen molar-refractivity contribution in [1.29, 1.82) is 0 Å². The van der Waals surface area contributed by atoms with Crippen molar-refractivity contribution in [3.63, 3.8) is 0 Å². The van der Waals surface area contributed by atoms with Crippen molar-refractivity contribution in [2.45, 2.75) is 64.1 Å². The maximum absolute atomic E-state index is 11.7. The number of ketones is 1. The second-order valence-corrected chi connectivity index (χ2v) is 5.19. The van der Waals surface area contributed by atoms with E-state index in [2.05, 4.69) is 6.92 Å². The molecule has 18 heavy (non-hydrogen) atoms. The van der Waals surface area contributed by atoms with Crippen molar-refractivity contribution in [3.8, 4) is 0 Å². The molecule has 0 radical (unpaired) electrons. The Morgan fingerprint density at radius 3 is 2.22 bits per heavy atom. The molecule has 0 aromatic heterocycles. The molecule has 0 aromatic rings. The van der Waals surface area contributed by atoms with E-state index in [-0.39, 0.29) is 11.7 Å². The predicted octanol–water partition coefficient (Wildman–Crippen LogP) is 2.16. The van der Waals surface area contributed by atoms with Gasteiger partial charge in [0, 0.05) is 20.5 Å². The molecule has 0 unspecified atom stereocenters. The van der Waals surface area contributed by atoms with Crippen LogP contribution in [0.1, 0.15) is 51.9 Å². The summed E-state index contributed by atoms with van der Waals surface area (Å²) < 4.78 is 5.16. The Morgan fingerprint density at radius 2 is 1.61 bits per heavy atom. The quantitative estimate of drug-likeness (QED) is 0.468. The Morgan fingerprint density at radius 1 is 1.00 bits per heavy atom. The van der Waals surface area contributed by atoms with E-state index in [0.717, 1.165) is 12.8 Å². The van der Waals surface area contributed by atoms with Crippen molar-refractivity contribution in [2.24, 2.45) is 0 Å². The Labute approximate surface area is 110 Å². The van der Waals surface area contributed by atoms with Crippen molar-refractivity contribution in [3.05, 3.63) is 0 Å². The third kappa shape index (κ3) is 4.77. The molecule has 0 N–H and O–H groups in total. The first kappa shape index (κ1) is 15.2. The maximum Gasteiger partial charge on any atom is 0.254 e. The number of carbonyl (C=O) groups excluding carboxylic acids is 2. The van der Waals surface area contributed by atoms with Crippen LogP contribution in [0.4, 0.5) is 0 Å². The van der Waals surface area contributed by atoms with Gasteiger partial charge in [-0.3, -0.25) is 9.59 Å². The van der Waals surface area contributed by atoms with Gasteiger partial charge in [0.05, 0.1) is 0 Å². The Hall–Kier alpha value is -0.900. The largest absolute Gasteiger partial charge is 0.351 e. The molecule has 2 atom stereocenters. The van der Waals surface area contributed by atoms with Gasteiger partial charge in [0.2, 0.25) is 0 Å². The smallest absolute Gasteiger partial charge is 0.254 e. The van der Waals surface area contributed by atoms with Crippen LogP contribution >= 0.6 is 0 Å². The molecule has 0 bridgehead atoms. The number of ether oxygens (including phenoxy) is 1. The van der Waals surface area contributed by atoms with Gasteiger partial charge in [0.15, 0.2) is 18.0 Å². The van der Waals surface area contributed by atoms with Crippen LogP contribution in [-0.2, 0) is 14.3 Å². The van der Waals surface area contributed by atoms with Crippen molar-refractivity contribution in [2.75, 3.05) is 14.1 Å². The van der Waals surface area contributed by atoms with Gasteiger partial charge in [0.25, 0.3) is 5.91 Å². The summed E-state index contributed by atoms with van der Waals surface area (Å²) in [5.74, 6) is -0.0120. The summed E-state index contributed by atoms with van der Waals surface area (Å²) in [6.07, 6.45) is 6.58. The molecule has 1 rings (SSSR count). The third-order valence-corrected chi connectivity index (χ3v) is 3.27. The average molecular weight is 255 g/mol. The first-order valence-electron chi connectivity index (χ1n) is 6.97. The minimum absolute atomic E-state index is 0.0886. The van der Waals surface area contributed by atoms with E-state index >= 15 is 0 Å². The standard InChI is InChI=1S/C14H25NO3/c1-4-5-6-7-8-9-10-11(16)12-13(18-12)14(17)15(2)3/h12-13H,4-10H2,1-3H3/t12-,13-/m0/s1. The molecule has 0 aromatic carbocycles. The predicted molar refractivity (Wildman–Crippen MR) is 70.4 cm³/mol. The lowest BCUT2D eigenvalue weighted by atomic mass is 10.1. The lowest BCUT2D eigenvalue weighted by Gasteiger charge is -2.06. The van der Waals surface area contributed by atoms with E-state index < -0.39 is 12.2 Å². The third-order valence-electron chi connectivity index (χ3n) is 3.27. The molecule has 1 aliphatic rings. The summed E-state index contributed by atoms with van der Waals surface area (Å²) in [5.41, 5.74) is 0. The molecule has 0 spiro atoms. The molecule has 4 nitrogen and oxygen atoms in total. The second kappa shape index (κ2) is 7.52. The van der Waals surface area contributed by atoms with Gasteiger partial charge in [0.1, 0.15) is 0 Å². The Bertz CT molecular complexity index is 289. The van der Waals surface area contributed by atoms with Crippen molar-refractivity contribution in [1.82, 2.24) is 4.90 Å². The molecular weight excluding hydrogens is 230 g/mol. The zero-order valence-corrected chi connectivity index (χ0v) is 11.8. The highest BCUT2D eigenvalue weighted by atomic mass is 16.6. The number of amides is 1. The molecule has 4 heteroatoms. The molecule has 1 fully saturated rings. The van der Waals surface area contributed by atoms with Gasteiger partial charge in [-0.1, -0.05) is 39.0 Å². The van der Waals surface area contributed by atoms with Gasteiger partial charge in [-0.25, -0.2) is 0 Å². The molecule has 0 saturated carbocycles. The van der Waals surface area contributed by atoms with E-state index in [1.807, 2.05) is 0 Å². The lowest BCUT2D eigenvalue weighted by Crippen LogP contribution is -2.29. The van der Waals surface area contributed by atoms with Crippen LogP contribution in [0.5, 0.6) is 0 Å². The van der Waals surface area contributed by atoms with Crippen molar-refractivity contribution >= 4 is 11.7 Å². The van der Waals surface area contributed by atoms with Gasteiger partial charge < -0.3 is 9.64 Å². The number of likely N-dealkylation sites (N-methyl/N-ethyl adjacent to an activating group) is 1. The maximum atomic E-state index is 11.7. The number of nitrogens with zero attached hydrogens (tertiary/aromatic N) is 1. The summed E-state index contributed by atoms with van der Waals surface area (Å²) in [5, 5.41) is 0. The summed E-state index contributed by atoms with van der Waals surface area (Å²) in [6, 6.07) is 0. The summed E-state index contributed by atoms with van der Waals surface area (Å²) in [7, 11) is 3.36. The number of epoxide rings is 1. The minimum atomic E-state index is -0.507. The van der Waals surface area contributed by atoms with E-state index in [4.69, 9.17) is 4.74 Å². The topological polar surface area (TPSA) is 49.9 Å². The number of carbonyl (C=O) groups is 2. The number of rotatable bonds is 9. The molecule has 104 valence electrons. The monoisotopic (exact) mass is 255 g/mol. The normalized spacial score (nSPS) is 21.7. The Balaban J connectivity index is 2.07. The highest BCUT2D eigenvalue weighted by Gasteiger charge is 2.49. The van der Waals surface area contributed by atoms with Crippen molar-refractivity contribution < 1.29 is 14.3 Å². The second-order valence-electron chi connectivity index (χ2n) is 5.19. The van der Waals surface area contributed by atoms with E-state index in [1.165, 1.54) is 30.6 Å². The molecular formula is C14H25NO3. The lowest BCUT2D eigenvalue weighted by molar-refractivity contribution is -0.130. The molecule has 1 amide bonds. The number of hydrogen-bond donors (Lipinski definition) is 0. The van der Waals surface area contributed by atoms with Crippen LogP contribution in [-0.4, -0.2) is 42.9 Å². The summed E-state index contributed by atoms with van der Waals surface area (Å²) >= 11 is 0. The molecule has 1 aliphatic heterocycles. The molecule has 0 aliphatic carbocycles. The van der Waals surface area contributed by atoms with Gasteiger partial charge in [-0.2, -0.15) is 0 Å². The van der Waals surface area contributed by atoms with Crippen LogP contribution < -0.4 is 0 Å². The fraction of sp³-hybridized carbons (Fsp3) is 0.857. The first-order valence-corrected chi connectivity index (χ1v) is 6.97. The fourth-order valence-corrected chi connectivity index (χ4v) is 2.02. The zero-order valence-electron chi connectivity index (χ0n) is 11.8. The average Bonchev–Trinajstić information content (AvgIpc) is 3.12. The van der Waals surface area contributed by atoms with Crippen LogP contribution in [0.15, 0.2) is 0 Å². The highest BCUT2D eigenvalue weighted by molar-refractivity contribution is 5.95. The van der Waals surface area contributed by atoms with Crippen LogP contribution in [0.25, 0.3) is 0 Å². The first-order chi connectivity index (χ1) is 8.57. The van der Waals surface area contributed by atoms with Gasteiger partial charge >= 0.3 is 0 Å². The van der Waals surface area contributed by atoms with E-state index in [0.29, 0.717) is 6.42 Å². The highest BCUT2D eigenvalue weighted by Crippen LogP contribution is 2.26. The van der Waals surface area contributed by atoms with E-state index in [9.17, 15) is 9.59 Å². The SMILES string of the molecule is CCCCCCCCC(=O)[C@@H]1O[C@@H]1C(=O)N(C)C. The van der Waals surface area contributed by atoms with Crippen LogP contribution in [0, 0.1) is 0 Å². The fourth-order valence-electron chi connectivity index (χ4n) is 2.02. The van der Waals surface area contributed by atoms with Gasteiger partial charge in [-0.15, -0.1) is 0 Å². The molecule has 1 heterocycles. The number of Topliss-reactive ketones (excluding diaryl/α,β-unsaturated/α-hetero) is 1. The number of hydrogen-bond acceptors (Lipinski definition) is 3. The zero-order chi connectivity index (χ0) is 13.5. The van der Waals surface area contributed by atoms with Crippen LogP contribution in [0.3, 0.4) is 0 Å². The van der Waals surface area contributed by atoms with Gasteiger partial charge in [-0.05, 0) is 6.42 Å². The summed E-state index contributed by atoms with van der Waals surface area (Å²) in [4.78, 5) is 24.7. The van der Waals surface area contributed by atoms with Crippen LogP contribution in [0.2, 0.25) is 0 Å². The minimum Gasteiger partial charge on any atom is -0.351 e. The Kier molecular flexibility index (Phi) is 6.33. The van der Waals surface area contributed by atoms with E-state index in [1.54, 1.807) is 14.1 Å².